The molecule has 33 heavy (non-hydrogen) atoms. The summed E-state index contributed by atoms with van der Waals surface area (Å²) in [6, 6.07) is 22.6. The molecule has 2 aromatic carbocycles. The average molecular weight is 441 g/mol. The topological polar surface area (TPSA) is 106 Å². The summed E-state index contributed by atoms with van der Waals surface area (Å²) in [5.41, 5.74) is 9.18. The van der Waals surface area contributed by atoms with Crippen molar-refractivity contribution in [2.24, 2.45) is 0 Å². The highest BCUT2D eigenvalue weighted by Gasteiger charge is 2.19. The maximum absolute atomic E-state index is 11.9. The van der Waals surface area contributed by atoms with Gasteiger partial charge in [-0.1, -0.05) is 36.4 Å². The average Bonchev–Trinajstić information content (AvgIpc) is 2.86. The SMILES string of the molecule is CCOC(=O)c1ccc(Nc2ncnc(N(Cc3ccccc3)c3ccccn3)c2N)cc1. The Morgan fingerprint density at radius 2 is 1.73 bits per heavy atom. The van der Waals surface area contributed by atoms with Gasteiger partial charge in [0.05, 0.1) is 18.7 Å². The summed E-state index contributed by atoms with van der Waals surface area (Å²) < 4.78 is 5.03. The number of anilines is 5. The number of rotatable bonds is 8. The largest absolute Gasteiger partial charge is 0.462 e. The maximum atomic E-state index is 11.9. The number of esters is 1. The maximum Gasteiger partial charge on any atom is 0.338 e. The molecule has 3 N–H and O–H groups in total. The number of nitrogens with one attached hydrogen (secondary N) is 1. The number of nitrogens with zero attached hydrogens (tertiary/aromatic N) is 4. The van der Waals surface area contributed by atoms with Crippen LogP contribution in [0.3, 0.4) is 0 Å². The zero-order valence-corrected chi connectivity index (χ0v) is 18.2. The Hall–Kier alpha value is -4.46. The summed E-state index contributed by atoms with van der Waals surface area (Å²) in [7, 11) is 0. The number of carbonyl (C=O) groups excluding carboxylic acids is 1. The van der Waals surface area contributed by atoms with Crippen LogP contribution in [0.15, 0.2) is 85.3 Å². The molecule has 0 unspecified atom stereocenters. The van der Waals surface area contributed by atoms with Crippen molar-refractivity contribution in [1.29, 1.82) is 0 Å². The van der Waals surface area contributed by atoms with Gasteiger partial charge in [-0.3, -0.25) is 0 Å². The number of nitrogen functional groups attached to an aromatic ring is 1. The molecular formula is C25H24N6O2. The van der Waals surface area contributed by atoms with Crippen LogP contribution in [0.1, 0.15) is 22.8 Å². The molecule has 0 bridgehead atoms. The molecular weight excluding hydrogens is 416 g/mol. The molecule has 4 aromatic rings. The van der Waals surface area contributed by atoms with Crippen molar-refractivity contribution >= 4 is 34.8 Å². The van der Waals surface area contributed by atoms with Crippen LogP contribution in [0.5, 0.6) is 0 Å². The minimum atomic E-state index is -0.361. The summed E-state index contributed by atoms with van der Waals surface area (Å²) in [6.07, 6.45) is 3.19. The van der Waals surface area contributed by atoms with Crippen LogP contribution in [-0.2, 0) is 11.3 Å². The van der Waals surface area contributed by atoms with E-state index in [4.69, 9.17) is 10.5 Å². The number of ether oxygens (including phenoxy) is 1. The van der Waals surface area contributed by atoms with E-state index >= 15 is 0 Å². The lowest BCUT2D eigenvalue weighted by Gasteiger charge is -2.25. The van der Waals surface area contributed by atoms with Crippen molar-refractivity contribution in [2.75, 3.05) is 22.6 Å². The Kier molecular flexibility index (Phi) is 6.75. The van der Waals surface area contributed by atoms with Gasteiger partial charge in [0.25, 0.3) is 0 Å². The van der Waals surface area contributed by atoms with E-state index < -0.39 is 0 Å². The molecule has 0 saturated heterocycles. The highest BCUT2D eigenvalue weighted by molar-refractivity contribution is 5.90. The Balaban J connectivity index is 1.63. The number of carbonyl (C=O) groups is 1. The fourth-order valence-corrected chi connectivity index (χ4v) is 3.29. The summed E-state index contributed by atoms with van der Waals surface area (Å²) in [5, 5.41) is 3.21. The summed E-state index contributed by atoms with van der Waals surface area (Å²) in [6.45, 7) is 2.64. The fraction of sp³-hybridized carbons (Fsp3) is 0.120. The van der Waals surface area contributed by atoms with Crippen LogP contribution >= 0.6 is 0 Å². The molecule has 2 heterocycles. The predicted molar refractivity (Wildman–Crippen MR) is 129 cm³/mol. The van der Waals surface area contributed by atoms with E-state index in [0.717, 1.165) is 17.1 Å². The smallest absolute Gasteiger partial charge is 0.338 e. The normalized spacial score (nSPS) is 10.5. The van der Waals surface area contributed by atoms with E-state index in [1.165, 1.54) is 6.33 Å². The number of aromatic nitrogens is 3. The Morgan fingerprint density at radius 1 is 0.970 bits per heavy atom. The van der Waals surface area contributed by atoms with Gasteiger partial charge < -0.3 is 20.7 Å². The van der Waals surface area contributed by atoms with Gasteiger partial charge in [0.1, 0.15) is 17.8 Å². The molecule has 0 atom stereocenters. The minimum absolute atomic E-state index is 0.328. The van der Waals surface area contributed by atoms with Gasteiger partial charge in [-0.15, -0.1) is 0 Å². The molecule has 0 amide bonds. The van der Waals surface area contributed by atoms with Gasteiger partial charge in [-0.25, -0.2) is 19.7 Å². The van der Waals surface area contributed by atoms with Crippen LogP contribution in [0, 0.1) is 0 Å². The number of hydrogen-bond acceptors (Lipinski definition) is 8. The third-order valence-electron chi connectivity index (χ3n) is 4.89. The van der Waals surface area contributed by atoms with E-state index in [1.54, 1.807) is 37.4 Å². The molecule has 0 spiro atoms. The molecule has 0 aliphatic rings. The van der Waals surface area contributed by atoms with Crippen LogP contribution in [0.4, 0.5) is 28.8 Å². The predicted octanol–water partition coefficient (Wildman–Crippen LogP) is 4.71. The Bertz CT molecular complexity index is 1200. The molecule has 0 saturated carbocycles. The molecule has 4 rings (SSSR count). The van der Waals surface area contributed by atoms with Gasteiger partial charge in [0, 0.05) is 11.9 Å². The van der Waals surface area contributed by atoms with Crippen molar-refractivity contribution in [3.05, 3.63) is 96.4 Å². The van der Waals surface area contributed by atoms with Gasteiger partial charge in [-0.05, 0) is 48.9 Å². The molecule has 0 aliphatic heterocycles. The van der Waals surface area contributed by atoms with Gasteiger partial charge in [-0.2, -0.15) is 0 Å². The van der Waals surface area contributed by atoms with Gasteiger partial charge in [0.15, 0.2) is 11.6 Å². The molecule has 8 nitrogen and oxygen atoms in total. The second-order valence-electron chi connectivity index (χ2n) is 7.14. The molecule has 8 heteroatoms. The standard InChI is InChI=1S/C25H24N6O2/c1-2-33-25(32)19-11-13-20(14-12-19)30-23-22(26)24(29-17-28-23)31(21-10-6-7-15-27-21)16-18-8-4-3-5-9-18/h3-15,17H,2,16,26H2,1H3,(H,28,29,30). The lowest BCUT2D eigenvalue weighted by atomic mass is 10.2. The zero-order valence-electron chi connectivity index (χ0n) is 18.2. The van der Waals surface area contributed by atoms with Crippen molar-refractivity contribution in [1.82, 2.24) is 15.0 Å². The minimum Gasteiger partial charge on any atom is -0.462 e. The summed E-state index contributed by atoms with van der Waals surface area (Å²) >= 11 is 0. The lowest BCUT2D eigenvalue weighted by Crippen LogP contribution is -2.21. The van der Waals surface area contributed by atoms with E-state index in [0.29, 0.717) is 36.0 Å². The van der Waals surface area contributed by atoms with E-state index in [-0.39, 0.29) is 5.97 Å². The summed E-state index contributed by atoms with van der Waals surface area (Å²) in [4.78, 5) is 27.1. The summed E-state index contributed by atoms with van der Waals surface area (Å²) in [5.74, 6) is 1.35. The Morgan fingerprint density at radius 3 is 2.42 bits per heavy atom. The molecule has 0 aliphatic carbocycles. The fourth-order valence-electron chi connectivity index (χ4n) is 3.29. The van der Waals surface area contributed by atoms with Crippen LogP contribution in [0.2, 0.25) is 0 Å². The number of nitrogens with two attached hydrogens (primary N) is 1. The van der Waals surface area contributed by atoms with E-state index in [1.807, 2.05) is 53.4 Å². The first-order valence-electron chi connectivity index (χ1n) is 10.5. The number of benzene rings is 2. The Labute approximate surface area is 192 Å². The quantitative estimate of drug-likeness (QED) is 0.379. The number of hydrogen-bond donors (Lipinski definition) is 2. The van der Waals surface area contributed by atoms with Crippen molar-refractivity contribution in [2.45, 2.75) is 13.5 Å². The molecule has 0 fully saturated rings. The lowest BCUT2D eigenvalue weighted by molar-refractivity contribution is 0.0526. The van der Waals surface area contributed by atoms with Crippen molar-refractivity contribution in [3.63, 3.8) is 0 Å². The van der Waals surface area contributed by atoms with E-state index in [2.05, 4.69) is 20.3 Å². The van der Waals surface area contributed by atoms with Crippen molar-refractivity contribution in [3.8, 4) is 0 Å². The monoisotopic (exact) mass is 440 g/mol. The molecule has 166 valence electrons. The van der Waals surface area contributed by atoms with Gasteiger partial charge >= 0.3 is 5.97 Å². The molecule has 0 radical (unpaired) electrons. The van der Waals surface area contributed by atoms with E-state index in [9.17, 15) is 4.79 Å². The second kappa shape index (κ2) is 10.2. The van der Waals surface area contributed by atoms with Crippen LogP contribution in [-0.4, -0.2) is 27.5 Å². The van der Waals surface area contributed by atoms with Crippen LogP contribution in [0.25, 0.3) is 0 Å². The van der Waals surface area contributed by atoms with Crippen LogP contribution < -0.4 is 16.0 Å². The number of pyridine rings is 1. The first-order valence-corrected chi connectivity index (χ1v) is 10.5. The molecule has 2 aromatic heterocycles. The third-order valence-corrected chi connectivity index (χ3v) is 4.89. The second-order valence-corrected chi connectivity index (χ2v) is 7.14. The van der Waals surface area contributed by atoms with Gasteiger partial charge in [0.2, 0.25) is 0 Å². The highest BCUT2D eigenvalue weighted by Crippen LogP contribution is 2.33. The first kappa shape index (κ1) is 21.8. The highest BCUT2D eigenvalue weighted by atomic mass is 16.5. The zero-order chi connectivity index (χ0) is 23.0. The van der Waals surface area contributed by atoms with Crippen molar-refractivity contribution < 1.29 is 9.53 Å². The third kappa shape index (κ3) is 5.24. The first-order chi connectivity index (χ1) is 16.2.